The highest BCUT2D eigenvalue weighted by atomic mass is 14.8. The predicted octanol–water partition coefficient (Wildman–Crippen LogP) is 6.50. The maximum Gasteiger partial charge on any atom is 0.0683 e. The summed E-state index contributed by atoms with van der Waals surface area (Å²) in [6.45, 7) is 2.73. The Morgan fingerprint density at radius 2 is 1.74 bits per heavy atom. The minimum Gasteiger partial charge on any atom is -0.355 e. The number of allylic oxidation sites excluding steroid dienone is 2. The number of nitrogens with two attached hydrogens (primary N) is 1. The third kappa shape index (κ3) is 3.65. The molecule has 3 aromatic carbocycles. The number of fused-ring (bicyclic) bond motifs is 3. The molecule has 0 atom stereocenters. The number of nitrogens with zero attached hydrogens (tertiary/aromatic N) is 1. The van der Waals surface area contributed by atoms with E-state index in [2.05, 4.69) is 89.7 Å². The van der Waals surface area contributed by atoms with E-state index in [1.807, 2.05) is 18.4 Å². The van der Waals surface area contributed by atoms with E-state index in [1.165, 1.54) is 38.2 Å². The van der Waals surface area contributed by atoms with E-state index in [9.17, 15) is 0 Å². The van der Waals surface area contributed by atoms with Crippen molar-refractivity contribution in [2.45, 2.75) is 13.3 Å². The highest BCUT2D eigenvalue weighted by molar-refractivity contribution is 6.11. The maximum atomic E-state index is 5.89. The summed E-state index contributed by atoms with van der Waals surface area (Å²) < 4.78 is 0. The molecule has 0 saturated carbocycles. The quantitative estimate of drug-likeness (QED) is 0.367. The molecule has 3 N–H and O–H groups in total. The van der Waals surface area contributed by atoms with Gasteiger partial charge < -0.3 is 10.7 Å². The highest BCUT2D eigenvalue weighted by Crippen LogP contribution is 2.31. The van der Waals surface area contributed by atoms with Crippen molar-refractivity contribution >= 4 is 45.5 Å². The molecule has 0 fully saturated rings. The minimum atomic E-state index is 0.592. The SMILES string of the molecule is Cc1cc(/C=C/c2cc3ccccc3c3ccccc23)[nH]c1C(CCN)=C1C=CC=N1. The molecular weight excluding hydrogens is 378 g/mol. The van der Waals surface area contributed by atoms with Crippen LogP contribution in [0.15, 0.2) is 83.5 Å². The molecule has 3 heteroatoms. The molecule has 0 unspecified atom stereocenters. The third-order valence-corrected chi connectivity index (χ3v) is 5.84. The zero-order valence-corrected chi connectivity index (χ0v) is 17.6. The first-order chi connectivity index (χ1) is 15.2. The van der Waals surface area contributed by atoms with Crippen molar-refractivity contribution in [2.75, 3.05) is 6.54 Å². The molecule has 31 heavy (non-hydrogen) atoms. The molecule has 152 valence electrons. The molecule has 1 aliphatic rings. The number of hydrogen-bond donors (Lipinski definition) is 2. The fraction of sp³-hybridized carbons (Fsp3) is 0.107. The number of benzene rings is 3. The standard InChI is InChI=1S/C28H25N3/c1-19-17-22(31-28(19)26(14-15-29)27-11-6-16-30-27)13-12-21-18-20-7-2-3-8-23(20)25-10-5-4-9-24(21)25/h2-13,16-18,31H,14-15,29H2,1H3/b13-12+,27-26?. The predicted molar refractivity (Wildman–Crippen MR) is 134 cm³/mol. The van der Waals surface area contributed by atoms with E-state index in [0.717, 1.165) is 23.5 Å². The molecule has 0 amide bonds. The molecule has 2 heterocycles. The van der Waals surface area contributed by atoms with Crippen molar-refractivity contribution in [3.8, 4) is 0 Å². The van der Waals surface area contributed by atoms with Gasteiger partial charge in [0.05, 0.1) is 5.70 Å². The van der Waals surface area contributed by atoms with Crippen molar-refractivity contribution in [3.05, 3.63) is 101 Å². The molecule has 0 spiro atoms. The van der Waals surface area contributed by atoms with Gasteiger partial charge in [-0.25, -0.2) is 0 Å². The topological polar surface area (TPSA) is 54.2 Å². The van der Waals surface area contributed by atoms with Gasteiger partial charge in [-0.3, -0.25) is 4.99 Å². The number of nitrogens with one attached hydrogen (secondary N) is 1. The number of aromatic amines is 1. The Kier molecular flexibility index (Phi) is 5.11. The monoisotopic (exact) mass is 403 g/mol. The van der Waals surface area contributed by atoms with Crippen LogP contribution in [0.3, 0.4) is 0 Å². The van der Waals surface area contributed by atoms with Crippen molar-refractivity contribution in [2.24, 2.45) is 10.7 Å². The molecular formula is C28H25N3. The number of rotatable bonds is 5. The van der Waals surface area contributed by atoms with Gasteiger partial charge in [0, 0.05) is 23.2 Å². The first-order valence-corrected chi connectivity index (χ1v) is 10.7. The Morgan fingerprint density at radius 3 is 2.52 bits per heavy atom. The fourth-order valence-corrected chi connectivity index (χ4v) is 4.39. The normalized spacial score (nSPS) is 15.0. The Hall–Kier alpha value is -3.69. The molecule has 0 radical (unpaired) electrons. The zero-order valence-electron chi connectivity index (χ0n) is 17.6. The number of aliphatic imine (C=N–C) groups is 1. The summed E-state index contributed by atoms with van der Waals surface area (Å²) in [6, 6.07) is 21.6. The second kappa shape index (κ2) is 8.21. The summed E-state index contributed by atoms with van der Waals surface area (Å²) in [5, 5.41) is 5.09. The number of aromatic nitrogens is 1. The summed E-state index contributed by atoms with van der Waals surface area (Å²) in [7, 11) is 0. The maximum absolute atomic E-state index is 5.89. The van der Waals surface area contributed by atoms with Gasteiger partial charge >= 0.3 is 0 Å². The fourth-order valence-electron chi connectivity index (χ4n) is 4.39. The van der Waals surface area contributed by atoms with Gasteiger partial charge in [-0.1, -0.05) is 54.6 Å². The lowest BCUT2D eigenvalue weighted by Crippen LogP contribution is -2.02. The van der Waals surface area contributed by atoms with Crippen LogP contribution >= 0.6 is 0 Å². The number of aryl methyl sites for hydroxylation is 1. The lowest BCUT2D eigenvalue weighted by molar-refractivity contribution is 1.00. The average molecular weight is 404 g/mol. The zero-order chi connectivity index (χ0) is 21.2. The highest BCUT2D eigenvalue weighted by Gasteiger charge is 2.13. The summed E-state index contributed by atoms with van der Waals surface area (Å²) in [4.78, 5) is 8.08. The van der Waals surface area contributed by atoms with E-state index in [-0.39, 0.29) is 0 Å². The van der Waals surface area contributed by atoms with Gasteiger partial charge in [0.25, 0.3) is 0 Å². The second-order valence-electron chi connectivity index (χ2n) is 7.89. The summed E-state index contributed by atoms with van der Waals surface area (Å²) >= 11 is 0. The van der Waals surface area contributed by atoms with Gasteiger partial charge in [-0.15, -0.1) is 0 Å². The first-order valence-electron chi connectivity index (χ1n) is 10.7. The van der Waals surface area contributed by atoms with Crippen LogP contribution in [0.25, 0.3) is 39.3 Å². The largest absolute Gasteiger partial charge is 0.355 e. The van der Waals surface area contributed by atoms with Gasteiger partial charge in [-0.05, 0) is 82.9 Å². The molecule has 0 bridgehead atoms. The molecule has 0 saturated heterocycles. The molecule has 1 aromatic heterocycles. The van der Waals surface area contributed by atoms with Crippen molar-refractivity contribution in [1.82, 2.24) is 4.98 Å². The van der Waals surface area contributed by atoms with Crippen LogP contribution in [0.5, 0.6) is 0 Å². The van der Waals surface area contributed by atoms with E-state index in [4.69, 9.17) is 5.73 Å². The van der Waals surface area contributed by atoms with E-state index >= 15 is 0 Å². The first kappa shape index (κ1) is 19.3. The summed E-state index contributed by atoms with van der Waals surface area (Å²) in [6.07, 6.45) is 11.0. The van der Waals surface area contributed by atoms with Crippen LogP contribution < -0.4 is 5.73 Å². The molecule has 3 nitrogen and oxygen atoms in total. The molecule has 5 rings (SSSR count). The molecule has 4 aromatic rings. The van der Waals surface area contributed by atoms with Crippen LogP contribution in [0.1, 0.15) is 28.9 Å². The van der Waals surface area contributed by atoms with Gasteiger partial charge in [0.2, 0.25) is 0 Å². The van der Waals surface area contributed by atoms with Crippen LogP contribution in [0, 0.1) is 6.92 Å². The summed E-state index contributed by atoms with van der Waals surface area (Å²) in [5.74, 6) is 0. The van der Waals surface area contributed by atoms with Gasteiger partial charge in [-0.2, -0.15) is 0 Å². The Labute approximate surface area is 182 Å². The lowest BCUT2D eigenvalue weighted by Gasteiger charge is -2.08. The Morgan fingerprint density at radius 1 is 0.968 bits per heavy atom. The van der Waals surface area contributed by atoms with Crippen molar-refractivity contribution < 1.29 is 0 Å². The Balaban J connectivity index is 1.57. The van der Waals surface area contributed by atoms with E-state index in [0.29, 0.717) is 6.54 Å². The van der Waals surface area contributed by atoms with Crippen LogP contribution in [-0.2, 0) is 0 Å². The average Bonchev–Trinajstić information content (AvgIpc) is 3.46. The lowest BCUT2D eigenvalue weighted by atomic mass is 9.97. The van der Waals surface area contributed by atoms with Gasteiger partial charge in [0.1, 0.15) is 0 Å². The third-order valence-electron chi connectivity index (χ3n) is 5.84. The number of hydrogen-bond acceptors (Lipinski definition) is 2. The molecule has 1 aliphatic heterocycles. The van der Waals surface area contributed by atoms with Crippen molar-refractivity contribution in [3.63, 3.8) is 0 Å². The molecule has 0 aliphatic carbocycles. The Bertz CT molecular complexity index is 1380. The van der Waals surface area contributed by atoms with Gasteiger partial charge in [0.15, 0.2) is 0 Å². The minimum absolute atomic E-state index is 0.592. The van der Waals surface area contributed by atoms with Crippen LogP contribution in [0.4, 0.5) is 0 Å². The number of H-pyrrole nitrogens is 1. The van der Waals surface area contributed by atoms with E-state index < -0.39 is 0 Å². The summed E-state index contributed by atoms with van der Waals surface area (Å²) in [5.41, 5.74) is 12.7. The second-order valence-corrected chi connectivity index (χ2v) is 7.89. The van der Waals surface area contributed by atoms with E-state index in [1.54, 1.807) is 0 Å². The van der Waals surface area contributed by atoms with Crippen LogP contribution in [-0.4, -0.2) is 17.7 Å². The smallest absolute Gasteiger partial charge is 0.0683 e. The van der Waals surface area contributed by atoms with Crippen LogP contribution in [0.2, 0.25) is 0 Å². The van der Waals surface area contributed by atoms with Crippen molar-refractivity contribution in [1.29, 1.82) is 0 Å².